The number of rotatable bonds is 10. The van der Waals surface area contributed by atoms with Gasteiger partial charge in [0, 0.05) is 31.0 Å². The van der Waals surface area contributed by atoms with Crippen molar-refractivity contribution in [3.63, 3.8) is 0 Å². The fourth-order valence-corrected chi connectivity index (χ4v) is 3.80. The number of benzene rings is 3. The molecule has 0 aliphatic rings. The first-order valence-electron chi connectivity index (χ1n) is 11.0. The molecule has 166 valence electrons. The summed E-state index contributed by atoms with van der Waals surface area (Å²) < 4.78 is 0. The van der Waals surface area contributed by atoms with Gasteiger partial charge < -0.3 is 10.2 Å². The van der Waals surface area contributed by atoms with Gasteiger partial charge >= 0.3 is 0 Å². The fraction of sp³-hybridized carbons (Fsp3) is 0.259. The molecule has 0 aromatic heterocycles. The maximum atomic E-state index is 13.4. The second-order valence-corrected chi connectivity index (χ2v) is 8.17. The first-order valence-corrected chi connectivity index (χ1v) is 11.3. The Kier molecular flexibility index (Phi) is 8.88. The zero-order valence-electron chi connectivity index (χ0n) is 18.3. The van der Waals surface area contributed by atoms with E-state index in [0.717, 1.165) is 16.7 Å². The van der Waals surface area contributed by atoms with Gasteiger partial charge in [0.25, 0.3) is 0 Å². The number of likely N-dealkylation sites (N-methyl/N-ethyl adjacent to an activating group) is 1. The zero-order chi connectivity index (χ0) is 22.8. The summed E-state index contributed by atoms with van der Waals surface area (Å²) in [5.41, 5.74) is 3.05. The smallest absolute Gasteiger partial charge is 0.243 e. The second-order valence-electron chi connectivity index (χ2n) is 7.73. The molecular weight excluding hydrogens is 420 g/mol. The Bertz CT molecular complexity index is 991. The minimum absolute atomic E-state index is 0.0454. The molecule has 0 saturated carbocycles. The van der Waals surface area contributed by atoms with Gasteiger partial charge in [-0.1, -0.05) is 84.4 Å². The molecular formula is C27H29ClN2O2. The lowest BCUT2D eigenvalue weighted by Crippen LogP contribution is -2.50. The van der Waals surface area contributed by atoms with Gasteiger partial charge in [-0.25, -0.2) is 0 Å². The number of halogens is 1. The van der Waals surface area contributed by atoms with E-state index < -0.39 is 6.04 Å². The van der Waals surface area contributed by atoms with Gasteiger partial charge in [0.2, 0.25) is 11.8 Å². The highest BCUT2D eigenvalue weighted by Crippen LogP contribution is 2.18. The predicted octanol–water partition coefficient (Wildman–Crippen LogP) is 5.05. The van der Waals surface area contributed by atoms with Gasteiger partial charge in [0.05, 0.1) is 0 Å². The molecule has 3 aromatic carbocycles. The van der Waals surface area contributed by atoms with Gasteiger partial charge in [-0.15, -0.1) is 0 Å². The highest BCUT2D eigenvalue weighted by molar-refractivity contribution is 6.30. The van der Waals surface area contributed by atoms with Crippen LogP contribution in [-0.4, -0.2) is 29.3 Å². The van der Waals surface area contributed by atoms with Gasteiger partial charge in [0.15, 0.2) is 0 Å². The van der Waals surface area contributed by atoms with Crippen LogP contribution in [0.2, 0.25) is 5.02 Å². The number of carbonyl (C=O) groups excluding carboxylic acids is 2. The number of aryl methyl sites for hydroxylation is 1. The summed E-state index contributed by atoms with van der Waals surface area (Å²) in [7, 11) is 0. The summed E-state index contributed by atoms with van der Waals surface area (Å²) >= 11 is 6.05. The van der Waals surface area contributed by atoms with Crippen LogP contribution in [-0.2, 0) is 29.0 Å². The van der Waals surface area contributed by atoms with Crippen LogP contribution >= 0.6 is 11.6 Å². The molecule has 1 atom stereocenters. The Morgan fingerprint density at radius 1 is 0.844 bits per heavy atom. The third-order valence-electron chi connectivity index (χ3n) is 5.36. The van der Waals surface area contributed by atoms with Crippen LogP contribution in [0.4, 0.5) is 0 Å². The number of hydrogen-bond acceptors (Lipinski definition) is 2. The Balaban J connectivity index is 1.87. The maximum absolute atomic E-state index is 13.4. The predicted molar refractivity (Wildman–Crippen MR) is 129 cm³/mol. The van der Waals surface area contributed by atoms with Crippen molar-refractivity contribution in [1.29, 1.82) is 0 Å². The Morgan fingerprint density at radius 3 is 2.03 bits per heavy atom. The van der Waals surface area contributed by atoms with Gasteiger partial charge in [-0.3, -0.25) is 9.59 Å². The van der Waals surface area contributed by atoms with E-state index in [4.69, 9.17) is 11.6 Å². The van der Waals surface area contributed by atoms with E-state index in [9.17, 15) is 9.59 Å². The number of nitrogens with zero attached hydrogens (tertiary/aromatic N) is 1. The maximum Gasteiger partial charge on any atom is 0.243 e. The molecule has 4 nitrogen and oxygen atoms in total. The molecule has 0 radical (unpaired) electrons. The quantitative estimate of drug-likeness (QED) is 0.472. The standard InChI is InChI=1S/C27H29ClN2O2/c1-2-29-27(32)25(19-22-11-7-4-8-12-22)30(20-23-13-16-24(28)17-14-23)26(31)18-15-21-9-5-3-6-10-21/h3-14,16-17,25H,2,15,18-20H2,1H3,(H,29,32)/t25-/m0/s1. The molecule has 0 unspecified atom stereocenters. The van der Waals surface area contributed by atoms with Crippen molar-refractivity contribution in [1.82, 2.24) is 10.2 Å². The van der Waals surface area contributed by atoms with E-state index in [0.29, 0.717) is 37.4 Å². The molecule has 0 aliphatic heterocycles. The normalized spacial score (nSPS) is 11.6. The highest BCUT2D eigenvalue weighted by Gasteiger charge is 2.29. The summed E-state index contributed by atoms with van der Waals surface area (Å²) in [4.78, 5) is 28.2. The van der Waals surface area contributed by atoms with Crippen LogP contribution in [0.25, 0.3) is 0 Å². The SMILES string of the molecule is CCNC(=O)[C@H](Cc1ccccc1)N(Cc1ccc(Cl)cc1)C(=O)CCc1ccccc1. The number of nitrogens with one attached hydrogen (secondary N) is 1. The lowest BCUT2D eigenvalue weighted by atomic mass is 10.0. The Morgan fingerprint density at radius 2 is 1.44 bits per heavy atom. The monoisotopic (exact) mass is 448 g/mol. The average Bonchev–Trinajstić information content (AvgIpc) is 2.82. The van der Waals surface area contributed by atoms with Crippen LogP contribution in [0, 0.1) is 0 Å². The van der Waals surface area contributed by atoms with E-state index in [-0.39, 0.29) is 11.8 Å². The Hall–Kier alpha value is -3.11. The third kappa shape index (κ3) is 6.96. The van der Waals surface area contributed by atoms with Crippen molar-refractivity contribution in [2.24, 2.45) is 0 Å². The third-order valence-corrected chi connectivity index (χ3v) is 5.61. The zero-order valence-corrected chi connectivity index (χ0v) is 19.1. The fourth-order valence-electron chi connectivity index (χ4n) is 3.67. The molecule has 32 heavy (non-hydrogen) atoms. The summed E-state index contributed by atoms with van der Waals surface area (Å²) in [5, 5.41) is 3.56. The molecule has 3 aromatic rings. The van der Waals surface area contributed by atoms with Crippen molar-refractivity contribution < 1.29 is 9.59 Å². The van der Waals surface area contributed by atoms with Crippen molar-refractivity contribution in [2.45, 2.75) is 38.8 Å². The largest absolute Gasteiger partial charge is 0.355 e. The number of carbonyl (C=O) groups is 2. The van der Waals surface area contributed by atoms with Crippen molar-refractivity contribution in [3.8, 4) is 0 Å². The topological polar surface area (TPSA) is 49.4 Å². The van der Waals surface area contributed by atoms with Crippen LogP contribution in [0.3, 0.4) is 0 Å². The van der Waals surface area contributed by atoms with Crippen LogP contribution in [0.5, 0.6) is 0 Å². The molecule has 3 rings (SSSR count). The van der Waals surface area contributed by atoms with Crippen LogP contribution in [0.1, 0.15) is 30.0 Å². The first kappa shape index (κ1) is 23.6. The average molecular weight is 449 g/mol. The van der Waals surface area contributed by atoms with Crippen molar-refractivity contribution >= 4 is 23.4 Å². The highest BCUT2D eigenvalue weighted by atomic mass is 35.5. The van der Waals surface area contributed by atoms with Crippen molar-refractivity contribution in [2.75, 3.05) is 6.54 Å². The number of hydrogen-bond donors (Lipinski definition) is 1. The summed E-state index contributed by atoms with van der Waals surface area (Å²) in [6.45, 7) is 2.74. The molecule has 0 fully saturated rings. The van der Waals surface area contributed by atoms with Gasteiger partial charge in [0.1, 0.15) is 6.04 Å². The van der Waals surface area contributed by atoms with E-state index in [2.05, 4.69) is 5.32 Å². The minimum atomic E-state index is -0.601. The molecule has 0 saturated heterocycles. The molecule has 0 spiro atoms. The Labute approximate surface area is 195 Å². The molecule has 5 heteroatoms. The second kappa shape index (κ2) is 12.1. The number of amides is 2. The van der Waals surface area contributed by atoms with Crippen LogP contribution < -0.4 is 5.32 Å². The minimum Gasteiger partial charge on any atom is -0.355 e. The van der Waals surface area contributed by atoms with E-state index in [1.165, 1.54) is 0 Å². The summed E-state index contributed by atoms with van der Waals surface area (Å²) in [6, 6.07) is 26.6. The molecule has 2 amide bonds. The van der Waals surface area contributed by atoms with E-state index in [1.807, 2.05) is 91.9 Å². The summed E-state index contributed by atoms with van der Waals surface area (Å²) in [5.74, 6) is -0.186. The molecule has 1 N–H and O–H groups in total. The summed E-state index contributed by atoms with van der Waals surface area (Å²) in [6.07, 6.45) is 1.42. The van der Waals surface area contributed by atoms with Gasteiger partial charge in [-0.2, -0.15) is 0 Å². The van der Waals surface area contributed by atoms with Crippen LogP contribution in [0.15, 0.2) is 84.9 Å². The van der Waals surface area contributed by atoms with E-state index >= 15 is 0 Å². The van der Waals surface area contributed by atoms with Crippen molar-refractivity contribution in [3.05, 3.63) is 107 Å². The first-order chi connectivity index (χ1) is 15.6. The lowest BCUT2D eigenvalue weighted by molar-refractivity contribution is -0.141. The molecule has 0 heterocycles. The van der Waals surface area contributed by atoms with Gasteiger partial charge in [-0.05, 0) is 42.2 Å². The lowest BCUT2D eigenvalue weighted by Gasteiger charge is -2.31. The molecule has 0 aliphatic carbocycles. The van der Waals surface area contributed by atoms with E-state index in [1.54, 1.807) is 4.90 Å². The molecule has 0 bridgehead atoms.